The highest BCUT2D eigenvalue weighted by atomic mass is 32.2. The molecule has 0 bridgehead atoms. The highest BCUT2D eigenvalue weighted by molar-refractivity contribution is 8.16. The van der Waals surface area contributed by atoms with E-state index >= 15 is 0 Å². The topological polar surface area (TPSA) is 27.6 Å². The summed E-state index contributed by atoms with van der Waals surface area (Å²) in [5, 5.41) is 6.90. The second kappa shape index (κ2) is 4.60. The lowest BCUT2D eigenvalue weighted by atomic mass is 9.99. The number of amidine groups is 1. The van der Waals surface area contributed by atoms with Crippen molar-refractivity contribution < 1.29 is 0 Å². The van der Waals surface area contributed by atoms with Gasteiger partial charge in [0.2, 0.25) is 0 Å². The smallest absolute Gasteiger partial charge is 0.168 e. The van der Waals surface area contributed by atoms with Gasteiger partial charge in [0.25, 0.3) is 0 Å². The maximum absolute atomic E-state index is 4.60. The molecule has 0 atom stereocenters. The average Bonchev–Trinajstić information content (AvgIpc) is 2.91. The van der Waals surface area contributed by atoms with E-state index in [1.165, 1.54) is 40.5 Å². The Morgan fingerprint density at radius 1 is 1.26 bits per heavy atom. The highest BCUT2D eigenvalue weighted by Crippen LogP contribution is 2.36. The lowest BCUT2D eigenvalue weighted by molar-refractivity contribution is 0.542. The van der Waals surface area contributed by atoms with Crippen LogP contribution < -0.4 is 5.32 Å². The molecule has 3 aliphatic rings. The van der Waals surface area contributed by atoms with E-state index in [0.717, 1.165) is 26.1 Å². The van der Waals surface area contributed by atoms with E-state index in [1.807, 2.05) is 0 Å². The second-order valence-corrected chi connectivity index (χ2v) is 6.03. The first-order valence-electron chi connectivity index (χ1n) is 6.98. The van der Waals surface area contributed by atoms with E-state index < -0.39 is 0 Å². The number of nitrogens with zero attached hydrogens (tertiary/aromatic N) is 2. The molecule has 4 heteroatoms. The fourth-order valence-corrected chi connectivity index (χ4v) is 3.90. The van der Waals surface area contributed by atoms with Gasteiger partial charge in [-0.15, -0.1) is 0 Å². The summed E-state index contributed by atoms with van der Waals surface area (Å²) in [7, 11) is 0. The van der Waals surface area contributed by atoms with Crippen molar-refractivity contribution in [1.29, 1.82) is 0 Å². The Bertz CT molecular complexity index is 577. The van der Waals surface area contributed by atoms with Crippen molar-refractivity contribution in [3.63, 3.8) is 0 Å². The maximum atomic E-state index is 4.60. The number of hydrogen-bond donors (Lipinski definition) is 1. The van der Waals surface area contributed by atoms with Gasteiger partial charge < -0.3 is 10.2 Å². The Morgan fingerprint density at radius 2 is 2.26 bits per heavy atom. The van der Waals surface area contributed by atoms with Gasteiger partial charge in [-0.05, 0) is 42.5 Å². The molecule has 0 unspecified atom stereocenters. The van der Waals surface area contributed by atoms with Crippen LogP contribution in [0.25, 0.3) is 5.70 Å². The van der Waals surface area contributed by atoms with Gasteiger partial charge in [-0.2, -0.15) is 0 Å². The van der Waals surface area contributed by atoms with E-state index in [9.17, 15) is 0 Å². The third kappa shape index (κ3) is 1.94. The van der Waals surface area contributed by atoms with Crippen molar-refractivity contribution in [2.24, 2.45) is 4.99 Å². The molecule has 0 saturated heterocycles. The lowest BCUT2D eigenvalue weighted by Gasteiger charge is -2.26. The van der Waals surface area contributed by atoms with Crippen molar-refractivity contribution in [1.82, 2.24) is 4.90 Å². The Morgan fingerprint density at radius 3 is 3.26 bits per heavy atom. The summed E-state index contributed by atoms with van der Waals surface area (Å²) < 4.78 is 0. The first kappa shape index (κ1) is 11.4. The molecule has 0 amide bonds. The molecule has 3 nitrogen and oxygen atoms in total. The van der Waals surface area contributed by atoms with Crippen LogP contribution in [0.4, 0.5) is 5.69 Å². The van der Waals surface area contributed by atoms with Crippen molar-refractivity contribution in [3.8, 4) is 0 Å². The summed E-state index contributed by atoms with van der Waals surface area (Å²) in [4.78, 5) is 6.96. The summed E-state index contributed by atoms with van der Waals surface area (Å²) in [6.45, 7) is 3.19. The fourth-order valence-electron chi connectivity index (χ4n) is 2.94. The van der Waals surface area contributed by atoms with Crippen molar-refractivity contribution >= 4 is 28.3 Å². The number of thioether (sulfide) groups is 1. The summed E-state index contributed by atoms with van der Waals surface area (Å²) in [5.74, 6) is 0. The standard InChI is InChI=1S/C15H17N3S/c1-3-11-9-12(4-5-13(11)16-6-1)14-10-19-15-17-7-2-8-18(14)15/h4-5,9-10,16H,1-3,6-8H2. The Labute approximate surface area is 117 Å². The summed E-state index contributed by atoms with van der Waals surface area (Å²) >= 11 is 1.76. The van der Waals surface area contributed by atoms with Gasteiger partial charge in [0.05, 0.1) is 5.70 Å². The van der Waals surface area contributed by atoms with Gasteiger partial charge in [-0.3, -0.25) is 4.99 Å². The number of fused-ring (bicyclic) bond motifs is 2. The van der Waals surface area contributed by atoms with Crippen LogP contribution in [0.15, 0.2) is 28.6 Å². The van der Waals surface area contributed by atoms with Crippen LogP contribution in [0.1, 0.15) is 24.0 Å². The average molecular weight is 271 g/mol. The quantitative estimate of drug-likeness (QED) is 0.850. The zero-order valence-electron chi connectivity index (χ0n) is 10.9. The van der Waals surface area contributed by atoms with Crippen LogP contribution in [0, 0.1) is 0 Å². The number of aryl methyl sites for hydroxylation is 1. The van der Waals surface area contributed by atoms with Crippen LogP contribution in [0.3, 0.4) is 0 Å². The van der Waals surface area contributed by atoms with Gasteiger partial charge in [0.1, 0.15) is 0 Å². The van der Waals surface area contributed by atoms with E-state index in [2.05, 4.69) is 38.8 Å². The number of anilines is 1. The third-order valence-corrected chi connectivity index (χ3v) is 4.83. The van der Waals surface area contributed by atoms with Crippen molar-refractivity contribution in [2.45, 2.75) is 19.3 Å². The van der Waals surface area contributed by atoms with Crippen molar-refractivity contribution in [2.75, 3.05) is 25.0 Å². The molecule has 4 rings (SSSR count). The molecule has 0 saturated carbocycles. The molecule has 0 radical (unpaired) electrons. The number of rotatable bonds is 1. The number of aliphatic imine (C=N–C) groups is 1. The minimum Gasteiger partial charge on any atom is -0.385 e. The fraction of sp³-hybridized carbons (Fsp3) is 0.400. The maximum Gasteiger partial charge on any atom is 0.168 e. The first-order chi connectivity index (χ1) is 9.42. The van der Waals surface area contributed by atoms with E-state index in [-0.39, 0.29) is 0 Å². The first-order valence-corrected chi connectivity index (χ1v) is 7.86. The molecule has 1 aromatic carbocycles. The zero-order chi connectivity index (χ0) is 12.7. The van der Waals surface area contributed by atoms with Crippen LogP contribution in [-0.4, -0.2) is 29.7 Å². The van der Waals surface area contributed by atoms with Crippen LogP contribution in [-0.2, 0) is 6.42 Å². The predicted octanol–water partition coefficient (Wildman–Crippen LogP) is 3.15. The van der Waals surface area contributed by atoms with E-state index in [0.29, 0.717) is 0 Å². The molecule has 98 valence electrons. The predicted molar refractivity (Wildman–Crippen MR) is 82.4 cm³/mol. The summed E-state index contributed by atoms with van der Waals surface area (Å²) in [6.07, 6.45) is 3.59. The summed E-state index contributed by atoms with van der Waals surface area (Å²) in [5.41, 5.74) is 5.43. The molecule has 0 fully saturated rings. The molecule has 0 aromatic heterocycles. The molecule has 0 spiro atoms. The molecule has 1 N–H and O–H groups in total. The number of benzene rings is 1. The molecule has 0 aliphatic carbocycles. The van der Waals surface area contributed by atoms with Crippen LogP contribution in [0.5, 0.6) is 0 Å². The lowest BCUT2D eigenvalue weighted by Crippen LogP contribution is -2.29. The third-order valence-electron chi connectivity index (χ3n) is 3.92. The molecular formula is C15H17N3S. The van der Waals surface area contributed by atoms with Crippen LogP contribution in [0.2, 0.25) is 0 Å². The van der Waals surface area contributed by atoms with Gasteiger partial charge in [0.15, 0.2) is 5.17 Å². The largest absolute Gasteiger partial charge is 0.385 e. The number of nitrogens with one attached hydrogen (secondary N) is 1. The van der Waals surface area contributed by atoms with Gasteiger partial charge in [-0.1, -0.05) is 17.8 Å². The van der Waals surface area contributed by atoms with E-state index in [1.54, 1.807) is 11.8 Å². The molecule has 3 aliphatic heterocycles. The Balaban J connectivity index is 1.69. The minimum atomic E-state index is 0.980. The van der Waals surface area contributed by atoms with Gasteiger partial charge >= 0.3 is 0 Å². The molecule has 1 aromatic rings. The molecule has 19 heavy (non-hydrogen) atoms. The molecular weight excluding hydrogens is 254 g/mol. The summed E-state index contributed by atoms with van der Waals surface area (Å²) in [6, 6.07) is 6.82. The normalized spacial score (nSPS) is 21.2. The second-order valence-electron chi connectivity index (χ2n) is 5.19. The highest BCUT2D eigenvalue weighted by Gasteiger charge is 2.26. The van der Waals surface area contributed by atoms with Crippen molar-refractivity contribution in [3.05, 3.63) is 34.7 Å². The van der Waals surface area contributed by atoms with Crippen LogP contribution >= 0.6 is 11.8 Å². The Kier molecular flexibility index (Phi) is 2.76. The minimum absolute atomic E-state index is 0.980. The Hall–Kier alpha value is -1.42. The van der Waals surface area contributed by atoms with Gasteiger partial charge in [-0.25, -0.2) is 0 Å². The molecule has 3 heterocycles. The van der Waals surface area contributed by atoms with Gasteiger partial charge in [0, 0.05) is 30.7 Å². The van der Waals surface area contributed by atoms with E-state index in [4.69, 9.17) is 0 Å². The number of hydrogen-bond acceptors (Lipinski definition) is 4. The SMILES string of the molecule is C1=C(c2ccc3c(c2)CCCN3)N2CCCN=C2S1. The zero-order valence-corrected chi connectivity index (χ0v) is 11.7. The monoisotopic (exact) mass is 271 g/mol.